The van der Waals surface area contributed by atoms with Crippen LogP contribution in [0.4, 0.5) is 0 Å². The molecule has 3 nitrogen and oxygen atoms in total. The molecule has 0 aliphatic heterocycles. The highest BCUT2D eigenvalue weighted by atomic mass is 16.3. The number of carbonyl (C=O) groups excluding carboxylic acids is 1. The van der Waals surface area contributed by atoms with Crippen molar-refractivity contribution in [3.05, 3.63) is 24.2 Å². The highest BCUT2D eigenvalue weighted by Crippen LogP contribution is 2.03. The third kappa shape index (κ3) is 2.68. The molecule has 0 spiro atoms. The van der Waals surface area contributed by atoms with Gasteiger partial charge in [0.2, 0.25) is 0 Å². The molecule has 0 saturated carbocycles. The maximum absolute atomic E-state index is 11.2. The molecule has 0 unspecified atom stereocenters. The molecular formula is C10H11NO2. The lowest BCUT2D eigenvalue weighted by atomic mass is 10.3. The first-order chi connectivity index (χ1) is 6.24. The predicted molar refractivity (Wildman–Crippen MR) is 48.6 cm³/mol. The number of amides is 1. The second kappa shape index (κ2) is 4.36. The Bertz CT molecular complexity index is 330. The van der Waals surface area contributed by atoms with Crippen molar-refractivity contribution in [1.29, 1.82) is 0 Å². The number of carbonyl (C=O) groups is 1. The molecule has 0 saturated heterocycles. The van der Waals surface area contributed by atoms with Gasteiger partial charge < -0.3 is 9.32 Å². The Morgan fingerprint density at radius 2 is 2.46 bits per heavy atom. The molecule has 68 valence electrons. The van der Waals surface area contributed by atoms with Gasteiger partial charge in [-0.05, 0) is 18.9 Å². The molecule has 0 radical (unpaired) electrons. The van der Waals surface area contributed by atoms with Gasteiger partial charge in [-0.1, -0.05) is 5.92 Å². The van der Waals surface area contributed by atoms with E-state index in [-0.39, 0.29) is 5.91 Å². The minimum Gasteiger partial charge on any atom is -0.472 e. The molecule has 1 heterocycles. The van der Waals surface area contributed by atoms with E-state index in [0.29, 0.717) is 6.54 Å². The molecule has 0 fully saturated rings. The van der Waals surface area contributed by atoms with E-state index in [9.17, 15) is 4.79 Å². The van der Waals surface area contributed by atoms with Crippen molar-refractivity contribution >= 4 is 5.91 Å². The molecule has 1 aromatic rings. The maximum Gasteiger partial charge on any atom is 0.298 e. The molecule has 3 heteroatoms. The Morgan fingerprint density at radius 3 is 3.00 bits per heavy atom. The third-order valence-electron chi connectivity index (χ3n) is 1.58. The SMILES string of the molecule is CC#CC(=O)N(C)Cc1ccoc1. The van der Waals surface area contributed by atoms with Crippen LogP contribution in [0.3, 0.4) is 0 Å². The zero-order valence-corrected chi connectivity index (χ0v) is 7.70. The van der Waals surface area contributed by atoms with E-state index in [1.807, 2.05) is 6.07 Å². The van der Waals surface area contributed by atoms with Gasteiger partial charge in [-0.2, -0.15) is 0 Å². The minimum atomic E-state index is -0.177. The highest BCUT2D eigenvalue weighted by molar-refractivity contribution is 5.93. The first-order valence-corrected chi connectivity index (χ1v) is 3.93. The summed E-state index contributed by atoms with van der Waals surface area (Å²) >= 11 is 0. The quantitative estimate of drug-likeness (QED) is 0.637. The van der Waals surface area contributed by atoms with Gasteiger partial charge in [0, 0.05) is 19.2 Å². The monoisotopic (exact) mass is 177 g/mol. The Kier molecular flexibility index (Phi) is 3.15. The van der Waals surface area contributed by atoms with Gasteiger partial charge in [0.15, 0.2) is 0 Å². The van der Waals surface area contributed by atoms with E-state index in [1.54, 1.807) is 31.4 Å². The predicted octanol–water partition coefficient (Wildman–Crippen LogP) is 1.26. The second-order valence-corrected chi connectivity index (χ2v) is 2.67. The molecule has 0 aromatic carbocycles. The summed E-state index contributed by atoms with van der Waals surface area (Å²) in [5.74, 6) is 4.85. The van der Waals surface area contributed by atoms with Crippen molar-refractivity contribution in [3.8, 4) is 11.8 Å². The fourth-order valence-electron chi connectivity index (χ4n) is 0.931. The fraction of sp³-hybridized carbons (Fsp3) is 0.300. The summed E-state index contributed by atoms with van der Waals surface area (Å²) in [6.45, 7) is 2.17. The standard InChI is InChI=1S/C10H11NO2/c1-3-4-10(12)11(2)7-9-5-6-13-8-9/h5-6,8H,7H2,1-2H3. The van der Waals surface area contributed by atoms with Gasteiger partial charge in [0.25, 0.3) is 5.91 Å². The molecule has 0 aliphatic carbocycles. The van der Waals surface area contributed by atoms with Gasteiger partial charge in [-0.3, -0.25) is 4.79 Å². The van der Waals surface area contributed by atoms with Gasteiger partial charge in [0.1, 0.15) is 0 Å². The average Bonchev–Trinajstić information content (AvgIpc) is 2.57. The van der Waals surface area contributed by atoms with Gasteiger partial charge in [-0.25, -0.2) is 0 Å². The van der Waals surface area contributed by atoms with Crippen molar-refractivity contribution in [1.82, 2.24) is 4.90 Å². The van der Waals surface area contributed by atoms with E-state index in [1.165, 1.54) is 0 Å². The van der Waals surface area contributed by atoms with Crippen LogP contribution in [0.1, 0.15) is 12.5 Å². The number of rotatable bonds is 2. The molecule has 0 aliphatic rings. The van der Waals surface area contributed by atoms with E-state index in [0.717, 1.165) is 5.56 Å². The van der Waals surface area contributed by atoms with Crippen molar-refractivity contribution < 1.29 is 9.21 Å². The lowest BCUT2D eigenvalue weighted by Crippen LogP contribution is -2.24. The van der Waals surface area contributed by atoms with Gasteiger partial charge in [0.05, 0.1) is 12.5 Å². The fourth-order valence-corrected chi connectivity index (χ4v) is 0.931. The first-order valence-electron chi connectivity index (χ1n) is 3.93. The summed E-state index contributed by atoms with van der Waals surface area (Å²) in [7, 11) is 1.71. The normalized spacial score (nSPS) is 8.77. The van der Waals surface area contributed by atoms with Gasteiger partial charge >= 0.3 is 0 Å². The van der Waals surface area contributed by atoms with Crippen LogP contribution in [0, 0.1) is 11.8 Å². The number of furan rings is 1. The lowest BCUT2D eigenvalue weighted by Gasteiger charge is -2.11. The number of hydrogen-bond acceptors (Lipinski definition) is 2. The molecular weight excluding hydrogens is 166 g/mol. The molecule has 1 aromatic heterocycles. The average molecular weight is 177 g/mol. The number of hydrogen-bond donors (Lipinski definition) is 0. The summed E-state index contributed by atoms with van der Waals surface area (Å²) in [6, 6.07) is 1.82. The van der Waals surface area contributed by atoms with Gasteiger partial charge in [-0.15, -0.1) is 0 Å². The van der Waals surface area contributed by atoms with E-state index < -0.39 is 0 Å². The smallest absolute Gasteiger partial charge is 0.298 e. The van der Waals surface area contributed by atoms with E-state index in [4.69, 9.17) is 4.42 Å². The van der Waals surface area contributed by atoms with Crippen molar-refractivity contribution in [3.63, 3.8) is 0 Å². The lowest BCUT2D eigenvalue weighted by molar-refractivity contribution is -0.124. The Morgan fingerprint density at radius 1 is 1.69 bits per heavy atom. The van der Waals surface area contributed by atoms with Crippen LogP contribution in [-0.2, 0) is 11.3 Å². The molecule has 0 atom stereocenters. The van der Waals surface area contributed by atoms with Crippen molar-refractivity contribution in [2.24, 2.45) is 0 Å². The molecule has 1 rings (SSSR count). The summed E-state index contributed by atoms with van der Waals surface area (Å²) in [4.78, 5) is 12.7. The summed E-state index contributed by atoms with van der Waals surface area (Å²) in [5, 5.41) is 0. The summed E-state index contributed by atoms with van der Waals surface area (Å²) in [6.07, 6.45) is 3.20. The second-order valence-electron chi connectivity index (χ2n) is 2.67. The molecule has 0 bridgehead atoms. The minimum absolute atomic E-state index is 0.177. The zero-order chi connectivity index (χ0) is 9.68. The van der Waals surface area contributed by atoms with Crippen LogP contribution in [0.5, 0.6) is 0 Å². The van der Waals surface area contributed by atoms with E-state index >= 15 is 0 Å². The largest absolute Gasteiger partial charge is 0.472 e. The first kappa shape index (κ1) is 9.40. The van der Waals surface area contributed by atoms with Crippen LogP contribution >= 0.6 is 0 Å². The topological polar surface area (TPSA) is 33.5 Å². The Labute approximate surface area is 77.3 Å². The summed E-state index contributed by atoms with van der Waals surface area (Å²) in [5.41, 5.74) is 0.966. The molecule has 0 N–H and O–H groups in total. The van der Waals surface area contributed by atoms with Crippen LogP contribution in [-0.4, -0.2) is 17.9 Å². The summed E-state index contributed by atoms with van der Waals surface area (Å²) < 4.78 is 4.88. The molecule has 1 amide bonds. The van der Waals surface area contributed by atoms with Crippen LogP contribution < -0.4 is 0 Å². The van der Waals surface area contributed by atoms with Crippen molar-refractivity contribution in [2.75, 3.05) is 7.05 Å². The van der Waals surface area contributed by atoms with Crippen LogP contribution in [0.15, 0.2) is 23.0 Å². The Hall–Kier alpha value is -1.69. The van der Waals surface area contributed by atoms with Crippen molar-refractivity contribution in [2.45, 2.75) is 13.5 Å². The van der Waals surface area contributed by atoms with E-state index in [2.05, 4.69) is 11.8 Å². The maximum atomic E-state index is 11.2. The Balaban J connectivity index is 2.54. The number of nitrogens with zero attached hydrogens (tertiary/aromatic N) is 1. The highest BCUT2D eigenvalue weighted by Gasteiger charge is 2.05. The van der Waals surface area contributed by atoms with Crippen LogP contribution in [0.2, 0.25) is 0 Å². The molecule has 13 heavy (non-hydrogen) atoms. The third-order valence-corrected chi connectivity index (χ3v) is 1.58. The van der Waals surface area contributed by atoms with Crippen LogP contribution in [0.25, 0.3) is 0 Å². The zero-order valence-electron chi connectivity index (χ0n) is 7.70.